The molecule has 108 valence electrons. The van der Waals surface area contributed by atoms with E-state index in [1.54, 1.807) is 0 Å². The van der Waals surface area contributed by atoms with Crippen LogP contribution in [-0.4, -0.2) is 52.3 Å². The Morgan fingerprint density at radius 1 is 1.39 bits per heavy atom. The summed E-state index contributed by atoms with van der Waals surface area (Å²) in [6.45, 7) is 11.1. The van der Waals surface area contributed by atoms with Crippen LogP contribution >= 0.6 is 0 Å². The van der Waals surface area contributed by atoms with E-state index in [1.165, 1.54) is 11.0 Å². The number of esters is 1. The number of quaternary nitrogens is 1. The first-order chi connectivity index (χ1) is 8.30. The van der Waals surface area contributed by atoms with Crippen LogP contribution in [0.4, 0.5) is 0 Å². The van der Waals surface area contributed by atoms with Crippen molar-refractivity contribution < 1.29 is 31.6 Å². The number of hydrogen-bond acceptors (Lipinski definition) is 6. The molecule has 0 aromatic heterocycles. The predicted octanol–water partition coefficient (Wildman–Crippen LogP) is -1.27. The molecule has 0 aliphatic rings. The molecule has 0 saturated heterocycles. The Kier molecular flexibility index (Phi) is 12.0. The van der Waals surface area contributed by atoms with Crippen LogP contribution in [-0.2, 0) is 24.1 Å². The molecular weight excluding hydrogens is 262 g/mol. The Morgan fingerprint density at radius 3 is 2.11 bits per heavy atom. The van der Waals surface area contributed by atoms with E-state index in [0.29, 0.717) is 6.61 Å². The molecule has 0 spiro atoms. The highest BCUT2D eigenvalue weighted by Crippen LogP contribution is 1.75. The molecule has 0 saturated carbocycles. The zero-order valence-corrected chi connectivity index (χ0v) is 11.8. The van der Waals surface area contributed by atoms with Gasteiger partial charge in [0.15, 0.2) is 0 Å². The van der Waals surface area contributed by atoms with Crippen molar-refractivity contribution >= 4 is 16.4 Å². The van der Waals surface area contributed by atoms with E-state index in [1.807, 2.05) is 0 Å². The lowest BCUT2D eigenvalue weighted by Gasteiger charge is -2.14. The second-order valence-electron chi connectivity index (χ2n) is 3.15. The lowest BCUT2D eigenvalue weighted by Crippen LogP contribution is -3.11. The quantitative estimate of drug-likeness (QED) is 0.271. The minimum atomic E-state index is -4.41. The summed E-state index contributed by atoms with van der Waals surface area (Å²) in [5.74, 6) is -0.332. The number of nitrogens with one attached hydrogen (secondary N) is 1. The molecule has 0 atom stereocenters. The largest absolute Gasteiger partial charge is 0.726 e. The summed E-state index contributed by atoms with van der Waals surface area (Å²) in [5.41, 5.74) is 0. The van der Waals surface area contributed by atoms with E-state index in [2.05, 4.69) is 24.6 Å². The second-order valence-corrected chi connectivity index (χ2v) is 4.30. The number of ether oxygens (including phenoxy) is 1. The molecule has 0 fully saturated rings. The SMILES string of the molecule is C=CC(=O)OCC[NH+](CC)CC.COS(=O)(=O)[O-]. The monoisotopic (exact) mass is 283 g/mol. The second kappa shape index (κ2) is 11.1. The third-order valence-electron chi connectivity index (χ3n) is 2.07. The molecule has 18 heavy (non-hydrogen) atoms. The van der Waals surface area contributed by atoms with E-state index in [9.17, 15) is 17.8 Å². The van der Waals surface area contributed by atoms with E-state index in [0.717, 1.165) is 26.7 Å². The van der Waals surface area contributed by atoms with E-state index >= 15 is 0 Å². The first kappa shape index (κ1) is 19.4. The van der Waals surface area contributed by atoms with Gasteiger partial charge in [-0.25, -0.2) is 13.2 Å². The topological polar surface area (TPSA) is 97.2 Å². The van der Waals surface area contributed by atoms with Crippen molar-refractivity contribution in [3.05, 3.63) is 12.7 Å². The van der Waals surface area contributed by atoms with Crippen LogP contribution in [0.1, 0.15) is 13.8 Å². The van der Waals surface area contributed by atoms with Gasteiger partial charge in [0.25, 0.3) is 0 Å². The zero-order chi connectivity index (χ0) is 14.6. The highest BCUT2D eigenvalue weighted by atomic mass is 32.3. The fourth-order valence-corrected chi connectivity index (χ4v) is 0.958. The number of carbonyl (C=O) groups excluding carboxylic acids is 1. The molecule has 0 heterocycles. The molecule has 1 N–H and O–H groups in total. The molecule has 0 rings (SSSR count). The van der Waals surface area contributed by atoms with Crippen molar-refractivity contribution in [3.63, 3.8) is 0 Å². The van der Waals surface area contributed by atoms with Gasteiger partial charge < -0.3 is 14.2 Å². The fourth-order valence-electron chi connectivity index (χ4n) is 0.958. The Labute approximate surface area is 108 Å². The van der Waals surface area contributed by atoms with Crippen LogP contribution in [0.2, 0.25) is 0 Å². The van der Waals surface area contributed by atoms with Crippen LogP contribution < -0.4 is 4.90 Å². The summed E-state index contributed by atoms with van der Waals surface area (Å²) in [5, 5.41) is 0. The standard InChI is InChI=1S/C9H17NO2.CH4O4S/c1-4-9(11)12-8-7-10(5-2)6-3;1-5-6(2,3)4/h4H,1,5-8H2,2-3H3;1H3,(H,2,3,4). The highest BCUT2D eigenvalue weighted by Gasteiger charge is 2.02. The molecule has 0 radical (unpaired) electrons. The summed E-state index contributed by atoms with van der Waals surface area (Å²) >= 11 is 0. The maximum absolute atomic E-state index is 10.6. The first-order valence-electron chi connectivity index (χ1n) is 5.44. The number of rotatable bonds is 7. The van der Waals surface area contributed by atoms with Gasteiger partial charge in [0.1, 0.15) is 13.2 Å². The van der Waals surface area contributed by atoms with Gasteiger partial charge in [-0.15, -0.1) is 0 Å². The van der Waals surface area contributed by atoms with Gasteiger partial charge in [-0.05, 0) is 13.8 Å². The van der Waals surface area contributed by atoms with Crippen molar-refractivity contribution in [3.8, 4) is 0 Å². The summed E-state index contributed by atoms with van der Waals surface area (Å²) in [7, 11) is -3.60. The van der Waals surface area contributed by atoms with Crippen LogP contribution in [0.25, 0.3) is 0 Å². The van der Waals surface area contributed by atoms with Crippen LogP contribution in [0.5, 0.6) is 0 Å². The average Bonchev–Trinajstić information content (AvgIpc) is 2.34. The minimum absolute atomic E-state index is 0.332. The van der Waals surface area contributed by atoms with Crippen LogP contribution in [0, 0.1) is 0 Å². The molecule has 0 aromatic rings. The molecule has 0 aromatic carbocycles. The summed E-state index contributed by atoms with van der Waals surface area (Å²) in [6.07, 6.45) is 1.19. The lowest BCUT2D eigenvalue weighted by atomic mass is 10.5. The number of hydrogen-bond donors (Lipinski definition) is 1. The molecular formula is C10H21NO6S. The van der Waals surface area contributed by atoms with E-state index in [-0.39, 0.29) is 5.97 Å². The lowest BCUT2D eigenvalue weighted by molar-refractivity contribution is -0.896. The van der Waals surface area contributed by atoms with Gasteiger partial charge in [0.05, 0.1) is 20.2 Å². The maximum Gasteiger partial charge on any atom is 0.330 e. The summed E-state index contributed by atoms with van der Waals surface area (Å²) in [4.78, 5) is 12.1. The Balaban J connectivity index is 0. The molecule has 0 aliphatic heterocycles. The maximum atomic E-state index is 10.6. The normalized spacial score (nSPS) is 10.5. The third kappa shape index (κ3) is 15.0. The third-order valence-corrected chi connectivity index (χ3v) is 2.48. The molecule has 7 nitrogen and oxygen atoms in total. The van der Waals surface area contributed by atoms with Gasteiger partial charge in [-0.2, -0.15) is 0 Å². The van der Waals surface area contributed by atoms with Crippen molar-refractivity contribution in [2.45, 2.75) is 13.8 Å². The summed E-state index contributed by atoms with van der Waals surface area (Å²) in [6, 6.07) is 0. The fraction of sp³-hybridized carbons (Fsp3) is 0.700. The van der Waals surface area contributed by atoms with Crippen LogP contribution in [0.15, 0.2) is 12.7 Å². The molecule has 0 unspecified atom stereocenters. The van der Waals surface area contributed by atoms with Crippen molar-refractivity contribution in [2.24, 2.45) is 0 Å². The van der Waals surface area contributed by atoms with Gasteiger partial charge in [0, 0.05) is 6.08 Å². The first-order valence-corrected chi connectivity index (χ1v) is 6.78. The predicted molar refractivity (Wildman–Crippen MR) is 64.8 cm³/mol. The number of carbonyl (C=O) groups is 1. The Hall–Kier alpha value is -0.960. The summed E-state index contributed by atoms with van der Waals surface area (Å²) < 4.78 is 35.9. The van der Waals surface area contributed by atoms with Crippen molar-refractivity contribution in [1.82, 2.24) is 0 Å². The van der Waals surface area contributed by atoms with Gasteiger partial charge in [-0.1, -0.05) is 6.58 Å². The Morgan fingerprint density at radius 2 is 1.83 bits per heavy atom. The van der Waals surface area contributed by atoms with Crippen LogP contribution in [0.3, 0.4) is 0 Å². The molecule has 0 amide bonds. The van der Waals surface area contributed by atoms with Gasteiger partial charge >= 0.3 is 5.97 Å². The highest BCUT2D eigenvalue weighted by molar-refractivity contribution is 7.80. The van der Waals surface area contributed by atoms with Crippen molar-refractivity contribution in [1.29, 1.82) is 0 Å². The molecule has 8 heteroatoms. The van der Waals surface area contributed by atoms with Crippen molar-refractivity contribution in [2.75, 3.05) is 33.4 Å². The Bertz CT molecular complexity index is 323. The van der Waals surface area contributed by atoms with E-state index < -0.39 is 10.4 Å². The zero-order valence-electron chi connectivity index (χ0n) is 11.0. The minimum Gasteiger partial charge on any atom is -0.726 e. The molecule has 0 aliphatic carbocycles. The number of likely N-dealkylation sites (N-methyl/N-ethyl adjacent to an activating group) is 1. The van der Waals surface area contributed by atoms with Gasteiger partial charge in [-0.3, -0.25) is 4.18 Å². The average molecular weight is 283 g/mol. The van der Waals surface area contributed by atoms with Gasteiger partial charge in [0.2, 0.25) is 10.4 Å². The molecule has 0 bridgehead atoms. The van der Waals surface area contributed by atoms with E-state index in [4.69, 9.17) is 4.74 Å². The smallest absolute Gasteiger partial charge is 0.330 e.